The van der Waals surface area contributed by atoms with E-state index in [1.807, 2.05) is 6.82 Å². The van der Waals surface area contributed by atoms with E-state index in [9.17, 15) is 4.79 Å². The molecule has 0 atom stereocenters. The van der Waals surface area contributed by atoms with Gasteiger partial charge in [-0.25, -0.2) is 0 Å². The van der Waals surface area contributed by atoms with E-state index < -0.39 is 0 Å². The van der Waals surface area contributed by atoms with Gasteiger partial charge >= 0.3 is 0 Å². The van der Waals surface area contributed by atoms with Crippen LogP contribution >= 0.6 is 0 Å². The minimum atomic E-state index is 0.0718. The molecular weight excluding hydrogens is 88.9 g/mol. The minimum absolute atomic E-state index is 0.0718. The molecule has 0 aliphatic rings. The maximum atomic E-state index is 10.3. The van der Waals surface area contributed by atoms with Crippen molar-refractivity contribution in [3.8, 4) is 0 Å². The van der Waals surface area contributed by atoms with Gasteiger partial charge in [0.1, 0.15) is 0 Å². The topological polar surface area (TPSA) is 20.3 Å². The summed E-state index contributed by atoms with van der Waals surface area (Å²) in [6, 6.07) is 0. The van der Waals surface area contributed by atoms with Crippen molar-refractivity contribution in [3.05, 3.63) is 0 Å². The van der Waals surface area contributed by atoms with Crippen LogP contribution in [-0.2, 0) is 4.79 Å². The summed E-state index contributed by atoms with van der Waals surface area (Å²) in [6.45, 7) is 3.35. The van der Waals surface area contributed by atoms with Crippen LogP contribution in [0.15, 0.2) is 0 Å². The fraction of sp³-hybridized carbons (Fsp3) is 0.750. The van der Waals surface area contributed by atoms with Crippen molar-refractivity contribution in [2.24, 2.45) is 0 Å². The second kappa shape index (κ2) is 2.67. The Morgan fingerprint density at radius 1 is 1.71 bits per heavy atom. The fourth-order valence-electron chi connectivity index (χ4n) is 0.182. The second-order valence-electron chi connectivity index (χ2n) is 1.39. The lowest BCUT2D eigenvalue weighted by atomic mass is 9.97. The van der Waals surface area contributed by atoms with Gasteiger partial charge in [-0.1, -0.05) is 6.82 Å². The Morgan fingerprint density at radius 3 is 2.14 bits per heavy atom. The minimum Gasteiger partial charge on any atom is -0.394 e. The van der Waals surface area contributed by atoms with Gasteiger partial charge in [-0.15, -0.1) is 0 Å². The molecule has 0 rings (SSSR count). The van der Waals surface area contributed by atoms with E-state index in [0.29, 0.717) is 0 Å². The Balaban J connectivity index is 3.34. The van der Waals surface area contributed by atoms with E-state index >= 15 is 0 Å². The molecule has 0 saturated heterocycles. The van der Waals surface area contributed by atoms with Crippen LogP contribution in [0.25, 0.3) is 0 Å². The van der Waals surface area contributed by atoms with Gasteiger partial charge in [-0.05, 0) is 7.05 Å². The van der Waals surface area contributed by atoms with Crippen molar-refractivity contribution in [2.75, 3.05) is 7.05 Å². The average molecular weight is 97.9 g/mol. The molecule has 7 heavy (non-hydrogen) atoms. The quantitative estimate of drug-likeness (QED) is 0.427. The zero-order valence-electron chi connectivity index (χ0n) is 4.93. The highest BCUT2D eigenvalue weighted by atomic mass is 16.2. The summed E-state index contributed by atoms with van der Waals surface area (Å²) >= 11 is 0. The Kier molecular flexibility index (Phi) is 2.49. The highest BCUT2D eigenvalue weighted by Gasteiger charge is 1.95. The summed E-state index contributed by atoms with van der Waals surface area (Å²) in [5.41, 5.74) is 0. The van der Waals surface area contributed by atoms with E-state index in [0.717, 1.165) is 0 Å². The van der Waals surface area contributed by atoms with E-state index in [1.165, 1.54) is 11.7 Å². The highest BCUT2D eigenvalue weighted by molar-refractivity contribution is 6.34. The van der Waals surface area contributed by atoms with Crippen molar-refractivity contribution in [3.63, 3.8) is 0 Å². The van der Waals surface area contributed by atoms with Gasteiger partial charge in [0.2, 0.25) is 13.3 Å². The summed E-state index contributed by atoms with van der Waals surface area (Å²) in [5.74, 6) is 0.0718. The highest BCUT2D eigenvalue weighted by Crippen LogP contribution is 1.75. The molecular formula is C4H9BNO. The van der Waals surface area contributed by atoms with Gasteiger partial charge in [0.05, 0.1) is 0 Å². The third kappa shape index (κ3) is 2.26. The monoisotopic (exact) mass is 98.1 g/mol. The maximum absolute atomic E-state index is 10.3. The molecule has 3 heteroatoms. The largest absolute Gasteiger partial charge is 0.394 e. The first-order chi connectivity index (χ1) is 3.18. The normalized spacial score (nSPS) is 7.86. The fourth-order valence-corrected chi connectivity index (χ4v) is 0.182. The molecule has 0 unspecified atom stereocenters. The number of carbonyl (C=O) groups is 1. The van der Waals surface area contributed by atoms with E-state index in [-0.39, 0.29) is 5.91 Å². The van der Waals surface area contributed by atoms with E-state index in [2.05, 4.69) is 0 Å². The zero-order valence-corrected chi connectivity index (χ0v) is 4.93. The smallest absolute Gasteiger partial charge is 0.246 e. The first-order valence-corrected chi connectivity index (χ1v) is 2.21. The molecule has 0 spiro atoms. The van der Waals surface area contributed by atoms with Crippen LogP contribution in [0.5, 0.6) is 0 Å². The van der Waals surface area contributed by atoms with Gasteiger partial charge in [0, 0.05) is 6.92 Å². The standard InChI is InChI=1S/C4H9BNO/c1-4(7)6(3)5-2/h1-3H3. The molecule has 0 aromatic carbocycles. The van der Waals surface area contributed by atoms with Crippen molar-refractivity contribution >= 4 is 13.3 Å². The van der Waals surface area contributed by atoms with Gasteiger partial charge in [-0.2, -0.15) is 0 Å². The molecule has 0 aliphatic heterocycles. The maximum Gasteiger partial charge on any atom is 0.246 e. The van der Waals surface area contributed by atoms with Gasteiger partial charge in [-0.3, -0.25) is 4.79 Å². The van der Waals surface area contributed by atoms with E-state index in [4.69, 9.17) is 0 Å². The third-order valence-corrected chi connectivity index (χ3v) is 0.884. The molecule has 0 fully saturated rings. The molecule has 0 aromatic rings. The molecule has 0 N–H and O–H groups in total. The lowest BCUT2D eigenvalue weighted by molar-refractivity contribution is -0.123. The van der Waals surface area contributed by atoms with Crippen molar-refractivity contribution in [1.82, 2.24) is 4.81 Å². The lowest BCUT2D eigenvalue weighted by Crippen LogP contribution is -2.25. The van der Waals surface area contributed by atoms with Crippen LogP contribution < -0.4 is 0 Å². The summed E-state index contributed by atoms with van der Waals surface area (Å²) in [5, 5.41) is 0. The molecule has 0 aromatic heterocycles. The van der Waals surface area contributed by atoms with Gasteiger partial charge in [0.15, 0.2) is 0 Å². The molecule has 0 heterocycles. The lowest BCUT2D eigenvalue weighted by Gasteiger charge is -2.08. The molecule has 0 saturated carbocycles. The molecule has 1 amide bonds. The Hall–Kier alpha value is -0.465. The van der Waals surface area contributed by atoms with Crippen LogP contribution in [0.2, 0.25) is 6.82 Å². The number of nitrogens with zero attached hydrogens (tertiary/aromatic N) is 1. The summed E-state index contributed by atoms with van der Waals surface area (Å²) in [6.07, 6.45) is 0. The summed E-state index contributed by atoms with van der Waals surface area (Å²) < 4.78 is 0. The van der Waals surface area contributed by atoms with Crippen LogP contribution in [-0.4, -0.2) is 25.2 Å². The predicted molar refractivity (Wildman–Crippen MR) is 30.1 cm³/mol. The molecule has 0 bridgehead atoms. The predicted octanol–water partition coefficient (Wildman–Crippen LogP) is 0.132. The van der Waals surface area contributed by atoms with Crippen LogP contribution in [0.3, 0.4) is 0 Å². The molecule has 1 radical (unpaired) electrons. The Bertz CT molecular complexity index is 74.1. The van der Waals surface area contributed by atoms with Crippen LogP contribution in [0.4, 0.5) is 0 Å². The Labute approximate surface area is 44.8 Å². The zero-order chi connectivity index (χ0) is 5.86. The van der Waals surface area contributed by atoms with Crippen molar-refractivity contribution < 1.29 is 4.79 Å². The number of hydrogen-bond donors (Lipinski definition) is 0. The average Bonchev–Trinajstić information content (AvgIpc) is 1.65. The summed E-state index contributed by atoms with van der Waals surface area (Å²) in [7, 11) is 3.45. The number of amides is 1. The first kappa shape index (κ1) is 6.53. The Morgan fingerprint density at radius 2 is 2.14 bits per heavy atom. The molecule has 39 valence electrons. The third-order valence-electron chi connectivity index (χ3n) is 0.884. The number of rotatable bonds is 1. The summed E-state index contributed by atoms with van der Waals surface area (Å²) in [4.78, 5) is 11.8. The first-order valence-electron chi connectivity index (χ1n) is 2.21. The number of hydrogen-bond acceptors (Lipinski definition) is 1. The molecule has 2 nitrogen and oxygen atoms in total. The SMILES string of the molecule is C[B]N(C)C(C)=O. The van der Waals surface area contributed by atoms with Crippen LogP contribution in [0, 0.1) is 0 Å². The molecule has 0 aliphatic carbocycles. The van der Waals surface area contributed by atoms with Gasteiger partial charge < -0.3 is 4.81 Å². The van der Waals surface area contributed by atoms with Crippen molar-refractivity contribution in [2.45, 2.75) is 13.7 Å². The van der Waals surface area contributed by atoms with Crippen molar-refractivity contribution in [1.29, 1.82) is 0 Å². The number of carbonyl (C=O) groups excluding carboxylic acids is 1. The second-order valence-corrected chi connectivity index (χ2v) is 1.39. The van der Waals surface area contributed by atoms with E-state index in [1.54, 1.807) is 14.5 Å². The van der Waals surface area contributed by atoms with Gasteiger partial charge in [0.25, 0.3) is 0 Å². The van der Waals surface area contributed by atoms with Crippen LogP contribution in [0.1, 0.15) is 6.92 Å².